The van der Waals surface area contributed by atoms with Crippen molar-refractivity contribution in [3.63, 3.8) is 0 Å². The molecule has 0 aliphatic heterocycles. The van der Waals surface area contributed by atoms with E-state index in [1.54, 1.807) is 37.7 Å². The third-order valence-electron chi connectivity index (χ3n) is 4.94. The number of benzene rings is 2. The predicted octanol–water partition coefficient (Wildman–Crippen LogP) is 5.38. The molecule has 0 amide bonds. The lowest BCUT2D eigenvalue weighted by molar-refractivity contribution is 0.415. The van der Waals surface area contributed by atoms with Gasteiger partial charge in [0, 0.05) is 11.1 Å². The second-order valence-corrected chi connectivity index (χ2v) is 8.39. The van der Waals surface area contributed by atoms with Gasteiger partial charge in [0.15, 0.2) is 0 Å². The molecular weight excluding hydrogens is 428 g/mol. The summed E-state index contributed by atoms with van der Waals surface area (Å²) in [4.78, 5) is 0. The van der Waals surface area contributed by atoms with E-state index in [9.17, 15) is 0 Å². The van der Waals surface area contributed by atoms with Crippen LogP contribution < -0.4 is 9.47 Å². The van der Waals surface area contributed by atoms with E-state index in [2.05, 4.69) is 24.6 Å². The van der Waals surface area contributed by atoms with Gasteiger partial charge in [0.2, 0.25) is 0 Å². The van der Waals surface area contributed by atoms with Crippen LogP contribution in [0.25, 0.3) is 22.5 Å². The van der Waals surface area contributed by atoms with Gasteiger partial charge in [-0.1, -0.05) is 0 Å². The second kappa shape index (κ2) is 9.53. The number of ether oxygens (including phenoxy) is 2. The summed E-state index contributed by atoms with van der Waals surface area (Å²) in [5, 5.41) is 11.9. The average molecular weight is 453 g/mol. The van der Waals surface area contributed by atoms with Crippen molar-refractivity contribution in [3.05, 3.63) is 60.7 Å². The maximum absolute atomic E-state index is 5.26. The van der Waals surface area contributed by atoms with Crippen LogP contribution in [0.5, 0.6) is 11.5 Å². The van der Waals surface area contributed by atoms with Gasteiger partial charge in [-0.2, -0.15) is 10.2 Å². The molecule has 4 aromatic rings. The lowest BCUT2D eigenvalue weighted by atomic mass is 10.1. The Labute approximate surface area is 190 Å². The largest absolute Gasteiger partial charge is 0.497 e. The molecule has 0 aliphatic carbocycles. The first-order valence-electron chi connectivity index (χ1n) is 9.67. The van der Waals surface area contributed by atoms with Gasteiger partial charge < -0.3 is 9.47 Å². The molecule has 0 unspecified atom stereocenters. The Morgan fingerprint density at radius 1 is 0.677 bits per heavy atom. The van der Waals surface area contributed by atoms with Crippen molar-refractivity contribution in [1.82, 2.24) is 19.6 Å². The predicted molar refractivity (Wildman–Crippen MR) is 127 cm³/mol. The average Bonchev–Trinajstić information content (AvgIpc) is 3.43. The Balaban J connectivity index is 1.63. The Hall–Kier alpha value is -2.84. The topological polar surface area (TPSA) is 54.1 Å². The molecule has 6 nitrogen and oxygen atoms in total. The second-order valence-electron chi connectivity index (χ2n) is 6.74. The third-order valence-corrected chi connectivity index (χ3v) is 6.44. The van der Waals surface area contributed by atoms with Crippen LogP contribution in [0.4, 0.5) is 0 Å². The number of nitrogens with zero attached hydrogens (tertiary/aromatic N) is 4. The monoisotopic (exact) mass is 452 g/mol. The summed E-state index contributed by atoms with van der Waals surface area (Å²) >= 11 is 3.35. The smallest absolute Gasteiger partial charge is 0.135 e. The minimum atomic E-state index is 0.540. The Kier molecular flexibility index (Phi) is 6.58. The fraction of sp³-hybridized carbons (Fsp3) is 0.217. The van der Waals surface area contributed by atoms with E-state index in [1.807, 2.05) is 57.9 Å². The van der Waals surface area contributed by atoms with E-state index >= 15 is 0 Å². The molecule has 0 aliphatic rings. The normalized spacial score (nSPS) is 11.0. The van der Waals surface area contributed by atoms with Crippen LogP contribution in [0.1, 0.15) is 0 Å². The summed E-state index contributed by atoms with van der Waals surface area (Å²) in [6, 6.07) is 20.1. The van der Waals surface area contributed by atoms with Gasteiger partial charge >= 0.3 is 0 Å². The standard InChI is InChI=1S/C23H24N4O2S2/c1-28-18-9-5-16(6-10-18)20-13-22(30-3)26(24-20)15-27-23(31-4)14-21(25-27)17-7-11-19(29-2)12-8-17/h5-14H,15H2,1-4H3. The van der Waals surface area contributed by atoms with Crippen molar-refractivity contribution in [2.45, 2.75) is 16.7 Å². The number of hydrogen-bond acceptors (Lipinski definition) is 6. The molecule has 0 spiro atoms. The molecule has 2 aromatic carbocycles. The fourth-order valence-electron chi connectivity index (χ4n) is 3.26. The fourth-order valence-corrected chi connectivity index (χ4v) is 4.34. The van der Waals surface area contributed by atoms with Crippen molar-refractivity contribution in [3.8, 4) is 34.0 Å². The van der Waals surface area contributed by atoms with Crippen molar-refractivity contribution in [1.29, 1.82) is 0 Å². The van der Waals surface area contributed by atoms with E-state index < -0.39 is 0 Å². The SMILES string of the molecule is COc1ccc(-c2cc(SC)n(Cn3nc(-c4ccc(OC)cc4)cc3SC)n2)cc1. The van der Waals surface area contributed by atoms with Crippen molar-refractivity contribution in [2.75, 3.05) is 26.7 Å². The molecule has 4 rings (SSSR count). The molecule has 0 N–H and O–H groups in total. The highest BCUT2D eigenvalue weighted by molar-refractivity contribution is 7.98. The highest BCUT2D eigenvalue weighted by atomic mass is 32.2. The molecule has 0 fully saturated rings. The molecular formula is C23H24N4O2S2. The van der Waals surface area contributed by atoms with Gasteiger partial charge in [-0.15, -0.1) is 23.5 Å². The van der Waals surface area contributed by atoms with Crippen molar-refractivity contribution >= 4 is 23.5 Å². The minimum Gasteiger partial charge on any atom is -0.497 e. The van der Waals surface area contributed by atoms with Gasteiger partial charge in [-0.25, -0.2) is 9.36 Å². The van der Waals surface area contributed by atoms with Gasteiger partial charge in [-0.3, -0.25) is 0 Å². The summed E-state index contributed by atoms with van der Waals surface area (Å²) < 4.78 is 14.5. The van der Waals surface area contributed by atoms with Crippen LogP contribution in [0, 0.1) is 0 Å². The van der Waals surface area contributed by atoms with Crippen LogP contribution in [-0.2, 0) is 6.67 Å². The third kappa shape index (κ3) is 4.60. The zero-order chi connectivity index (χ0) is 21.8. The summed E-state index contributed by atoms with van der Waals surface area (Å²) in [6.07, 6.45) is 4.12. The molecule has 0 saturated heterocycles. The van der Waals surface area contributed by atoms with Crippen LogP contribution in [-0.4, -0.2) is 46.3 Å². The van der Waals surface area contributed by atoms with Crippen LogP contribution in [0.3, 0.4) is 0 Å². The summed E-state index contributed by atoms with van der Waals surface area (Å²) in [6.45, 7) is 0.540. The zero-order valence-electron chi connectivity index (χ0n) is 17.9. The first-order chi connectivity index (χ1) is 15.1. The van der Waals surface area contributed by atoms with E-state index in [0.29, 0.717) is 6.67 Å². The summed E-state index contributed by atoms with van der Waals surface area (Å²) in [7, 11) is 3.34. The molecule has 8 heteroatoms. The quantitative estimate of drug-likeness (QED) is 0.335. The maximum atomic E-state index is 5.26. The number of aromatic nitrogens is 4. The number of thioether (sulfide) groups is 2. The number of rotatable bonds is 8. The highest BCUT2D eigenvalue weighted by Gasteiger charge is 2.14. The Bertz CT molecular complexity index is 1060. The first-order valence-corrected chi connectivity index (χ1v) is 12.1. The summed E-state index contributed by atoms with van der Waals surface area (Å²) in [5.41, 5.74) is 3.97. The van der Waals surface area contributed by atoms with Gasteiger partial charge in [0.05, 0.1) is 35.7 Å². The Morgan fingerprint density at radius 2 is 1.06 bits per heavy atom. The molecule has 0 bridgehead atoms. The maximum Gasteiger partial charge on any atom is 0.135 e. The van der Waals surface area contributed by atoms with Crippen LogP contribution in [0.2, 0.25) is 0 Å². The molecule has 0 saturated carbocycles. The van der Waals surface area contributed by atoms with E-state index in [0.717, 1.165) is 44.1 Å². The lowest BCUT2D eigenvalue weighted by Crippen LogP contribution is -2.12. The molecule has 31 heavy (non-hydrogen) atoms. The first kappa shape index (κ1) is 21.4. The minimum absolute atomic E-state index is 0.540. The highest BCUT2D eigenvalue weighted by Crippen LogP contribution is 2.28. The van der Waals surface area contributed by atoms with Gasteiger partial charge in [0.25, 0.3) is 0 Å². The lowest BCUT2D eigenvalue weighted by Gasteiger charge is -2.08. The number of hydrogen-bond donors (Lipinski definition) is 0. The molecule has 0 atom stereocenters. The van der Waals surface area contributed by atoms with E-state index in [-0.39, 0.29) is 0 Å². The zero-order valence-corrected chi connectivity index (χ0v) is 19.5. The molecule has 160 valence electrons. The molecule has 0 radical (unpaired) electrons. The van der Waals surface area contributed by atoms with E-state index in [4.69, 9.17) is 19.7 Å². The van der Waals surface area contributed by atoms with Crippen molar-refractivity contribution < 1.29 is 9.47 Å². The molecule has 2 aromatic heterocycles. The van der Waals surface area contributed by atoms with Crippen LogP contribution in [0.15, 0.2) is 70.7 Å². The van der Waals surface area contributed by atoms with Crippen LogP contribution >= 0.6 is 23.5 Å². The van der Waals surface area contributed by atoms with Crippen molar-refractivity contribution in [2.24, 2.45) is 0 Å². The molecule has 2 heterocycles. The number of methoxy groups -OCH3 is 2. The summed E-state index contributed by atoms with van der Waals surface area (Å²) in [5.74, 6) is 1.67. The van der Waals surface area contributed by atoms with Gasteiger partial charge in [-0.05, 0) is 73.2 Å². The Morgan fingerprint density at radius 3 is 1.39 bits per heavy atom. The van der Waals surface area contributed by atoms with Gasteiger partial charge in [0.1, 0.15) is 18.2 Å². The van der Waals surface area contributed by atoms with E-state index in [1.165, 1.54) is 0 Å².